The standard InChI is InChI=1S/C21H31N3O7/c1-13(2)12-15(19(26)30-6)22-18(25)16(23-20(27)31-21(3,4)5)17(24(28)29)14-10-8-7-9-11-14/h7-11,13,15-17H,12H2,1-6H3,(H,22,25)(H,23,27)/t15-,16-,17?/m0/s1. The number of hydrogen-bond acceptors (Lipinski definition) is 7. The van der Waals surface area contributed by atoms with E-state index >= 15 is 0 Å². The van der Waals surface area contributed by atoms with E-state index in [0.717, 1.165) is 0 Å². The Labute approximate surface area is 181 Å². The Morgan fingerprint density at radius 2 is 1.68 bits per heavy atom. The minimum absolute atomic E-state index is 0.0297. The normalized spacial score (nSPS) is 14.2. The number of nitrogens with one attached hydrogen (secondary N) is 2. The molecular weight excluding hydrogens is 406 g/mol. The van der Waals surface area contributed by atoms with Gasteiger partial charge in [0.2, 0.25) is 0 Å². The van der Waals surface area contributed by atoms with Crippen LogP contribution < -0.4 is 10.6 Å². The number of rotatable bonds is 9. The van der Waals surface area contributed by atoms with E-state index in [-0.39, 0.29) is 17.9 Å². The number of nitrogens with zero attached hydrogens (tertiary/aromatic N) is 1. The van der Waals surface area contributed by atoms with Gasteiger partial charge in [0.05, 0.1) is 7.11 Å². The highest BCUT2D eigenvalue weighted by molar-refractivity contribution is 5.90. The minimum Gasteiger partial charge on any atom is -0.467 e. The second-order valence-electron chi connectivity index (χ2n) is 8.48. The maximum absolute atomic E-state index is 13.1. The summed E-state index contributed by atoms with van der Waals surface area (Å²) in [4.78, 5) is 48.8. The van der Waals surface area contributed by atoms with Gasteiger partial charge in [-0.3, -0.25) is 14.9 Å². The van der Waals surface area contributed by atoms with Crippen molar-refractivity contribution in [3.05, 3.63) is 46.0 Å². The summed E-state index contributed by atoms with van der Waals surface area (Å²) in [6.45, 7) is 8.57. The van der Waals surface area contributed by atoms with Crippen molar-refractivity contribution < 1.29 is 28.8 Å². The Morgan fingerprint density at radius 3 is 2.13 bits per heavy atom. The van der Waals surface area contributed by atoms with E-state index in [4.69, 9.17) is 9.47 Å². The highest BCUT2D eigenvalue weighted by Crippen LogP contribution is 2.22. The van der Waals surface area contributed by atoms with Crippen molar-refractivity contribution in [1.29, 1.82) is 0 Å². The molecule has 1 aromatic carbocycles. The van der Waals surface area contributed by atoms with E-state index in [1.807, 2.05) is 13.8 Å². The SMILES string of the molecule is COC(=O)[C@H](CC(C)C)NC(=O)[C@@H](NC(=O)OC(C)(C)C)C(c1ccccc1)[N+](=O)[O-]. The summed E-state index contributed by atoms with van der Waals surface area (Å²) in [5.41, 5.74) is -0.670. The van der Waals surface area contributed by atoms with Crippen molar-refractivity contribution in [2.75, 3.05) is 7.11 Å². The van der Waals surface area contributed by atoms with Crippen molar-refractivity contribution in [2.45, 2.75) is 64.8 Å². The van der Waals surface area contributed by atoms with Gasteiger partial charge in [-0.05, 0) is 33.1 Å². The molecule has 172 valence electrons. The van der Waals surface area contributed by atoms with Crippen LogP contribution in [0.25, 0.3) is 0 Å². The molecule has 0 saturated heterocycles. The summed E-state index contributed by atoms with van der Waals surface area (Å²) >= 11 is 0. The van der Waals surface area contributed by atoms with E-state index in [9.17, 15) is 24.5 Å². The lowest BCUT2D eigenvalue weighted by Crippen LogP contribution is -2.56. The molecule has 10 nitrogen and oxygen atoms in total. The van der Waals surface area contributed by atoms with Crippen molar-refractivity contribution >= 4 is 18.0 Å². The van der Waals surface area contributed by atoms with E-state index < -0.39 is 46.6 Å². The molecular formula is C21H31N3O7. The van der Waals surface area contributed by atoms with E-state index in [1.165, 1.54) is 19.2 Å². The third-order valence-electron chi connectivity index (χ3n) is 4.15. The van der Waals surface area contributed by atoms with Gasteiger partial charge in [-0.15, -0.1) is 0 Å². The predicted octanol–water partition coefficient (Wildman–Crippen LogP) is 2.60. The highest BCUT2D eigenvalue weighted by Gasteiger charge is 2.42. The summed E-state index contributed by atoms with van der Waals surface area (Å²) in [5, 5.41) is 16.7. The van der Waals surface area contributed by atoms with Crippen LogP contribution >= 0.6 is 0 Å². The molecule has 0 aliphatic heterocycles. The number of carbonyl (C=O) groups is 3. The Kier molecular flexibility index (Phi) is 9.41. The smallest absolute Gasteiger partial charge is 0.408 e. The lowest BCUT2D eigenvalue weighted by molar-refractivity contribution is -0.530. The second-order valence-corrected chi connectivity index (χ2v) is 8.48. The van der Waals surface area contributed by atoms with Crippen LogP contribution in [0.3, 0.4) is 0 Å². The van der Waals surface area contributed by atoms with Gasteiger partial charge >= 0.3 is 12.1 Å². The molecule has 0 saturated carbocycles. The van der Waals surface area contributed by atoms with Crippen LogP contribution in [-0.2, 0) is 19.1 Å². The van der Waals surface area contributed by atoms with Gasteiger partial charge < -0.3 is 20.1 Å². The van der Waals surface area contributed by atoms with Crippen LogP contribution in [0.5, 0.6) is 0 Å². The van der Waals surface area contributed by atoms with Crippen LogP contribution in [0.2, 0.25) is 0 Å². The quantitative estimate of drug-likeness (QED) is 0.344. The van der Waals surface area contributed by atoms with Crippen LogP contribution in [0.4, 0.5) is 4.79 Å². The molecule has 1 aromatic rings. The second kappa shape index (κ2) is 11.3. The maximum Gasteiger partial charge on any atom is 0.408 e. The topological polar surface area (TPSA) is 137 Å². The number of esters is 1. The van der Waals surface area contributed by atoms with Crippen LogP contribution in [-0.4, -0.2) is 47.7 Å². The third-order valence-corrected chi connectivity index (χ3v) is 4.15. The van der Waals surface area contributed by atoms with E-state index in [1.54, 1.807) is 39.0 Å². The fourth-order valence-electron chi connectivity index (χ4n) is 2.90. The summed E-state index contributed by atoms with van der Waals surface area (Å²) < 4.78 is 9.91. The molecule has 0 spiro atoms. The lowest BCUT2D eigenvalue weighted by Gasteiger charge is -2.26. The van der Waals surface area contributed by atoms with Crippen molar-refractivity contribution in [1.82, 2.24) is 10.6 Å². The fraction of sp³-hybridized carbons (Fsp3) is 0.571. The van der Waals surface area contributed by atoms with Gasteiger partial charge in [0.15, 0.2) is 6.04 Å². The lowest BCUT2D eigenvalue weighted by atomic mass is 9.98. The zero-order valence-corrected chi connectivity index (χ0v) is 18.7. The molecule has 1 rings (SSSR count). The molecule has 0 aromatic heterocycles. The third kappa shape index (κ3) is 8.61. The van der Waals surface area contributed by atoms with Gasteiger partial charge in [0.25, 0.3) is 11.9 Å². The van der Waals surface area contributed by atoms with E-state index in [2.05, 4.69) is 10.6 Å². The molecule has 0 heterocycles. The maximum atomic E-state index is 13.1. The van der Waals surface area contributed by atoms with Gasteiger partial charge in [-0.1, -0.05) is 44.2 Å². The zero-order chi connectivity index (χ0) is 23.8. The first-order chi connectivity index (χ1) is 14.4. The minimum atomic E-state index is -1.63. The van der Waals surface area contributed by atoms with Gasteiger partial charge in [-0.2, -0.15) is 0 Å². The number of hydrogen-bond donors (Lipinski definition) is 2. The summed E-state index contributed by atoms with van der Waals surface area (Å²) in [6, 6.07) is 3.55. The molecule has 0 radical (unpaired) electrons. The number of alkyl carbamates (subject to hydrolysis) is 1. The van der Waals surface area contributed by atoms with Crippen LogP contribution in [0, 0.1) is 16.0 Å². The summed E-state index contributed by atoms with van der Waals surface area (Å²) in [5.74, 6) is -1.55. The predicted molar refractivity (Wildman–Crippen MR) is 113 cm³/mol. The molecule has 2 N–H and O–H groups in total. The van der Waals surface area contributed by atoms with Crippen molar-refractivity contribution in [3.8, 4) is 0 Å². The average molecular weight is 437 g/mol. The zero-order valence-electron chi connectivity index (χ0n) is 18.7. The first-order valence-electron chi connectivity index (χ1n) is 9.91. The molecule has 31 heavy (non-hydrogen) atoms. The largest absolute Gasteiger partial charge is 0.467 e. The van der Waals surface area contributed by atoms with Crippen molar-refractivity contribution in [3.63, 3.8) is 0 Å². The molecule has 0 bridgehead atoms. The number of nitro groups is 1. The van der Waals surface area contributed by atoms with Gasteiger partial charge in [0, 0.05) is 10.5 Å². The molecule has 0 aliphatic carbocycles. The molecule has 3 atom stereocenters. The Hall–Kier alpha value is -3.17. The number of amides is 2. The molecule has 1 unspecified atom stereocenters. The first kappa shape index (κ1) is 25.9. The van der Waals surface area contributed by atoms with Crippen LogP contribution in [0.15, 0.2) is 30.3 Å². The van der Waals surface area contributed by atoms with Crippen molar-refractivity contribution in [2.24, 2.45) is 5.92 Å². The summed E-state index contributed by atoms with van der Waals surface area (Å²) in [7, 11) is 1.18. The molecule has 2 amide bonds. The Balaban J connectivity index is 3.29. The first-order valence-corrected chi connectivity index (χ1v) is 9.91. The molecule has 0 aliphatic rings. The van der Waals surface area contributed by atoms with Crippen LogP contribution in [0.1, 0.15) is 52.6 Å². The number of carbonyl (C=O) groups excluding carboxylic acids is 3. The molecule has 10 heteroatoms. The summed E-state index contributed by atoms with van der Waals surface area (Å²) in [6.07, 6.45) is -0.736. The molecule has 0 fully saturated rings. The Bertz CT molecular complexity index is 775. The number of ether oxygens (including phenoxy) is 2. The monoisotopic (exact) mass is 437 g/mol. The van der Waals surface area contributed by atoms with E-state index in [0.29, 0.717) is 0 Å². The fourth-order valence-corrected chi connectivity index (χ4v) is 2.90. The van der Waals surface area contributed by atoms with Gasteiger partial charge in [0.1, 0.15) is 11.6 Å². The number of methoxy groups -OCH3 is 1. The Morgan fingerprint density at radius 1 is 1.10 bits per heavy atom. The van der Waals surface area contributed by atoms with Gasteiger partial charge in [-0.25, -0.2) is 9.59 Å². The average Bonchev–Trinajstić information content (AvgIpc) is 2.65. The highest BCUT2D eigenvalue weighted by atomic mass is 16.6. The number of benzene rings is 1.